The topological polar surface area (TPSA) is 52.3 Å². The van der Waals surface area contributed by atoms with Crippen LogP contribution in [0.15, 0.2) is 24.3 Å². The van der Waals surface area contributed by atoms with Crippen molar-refractivity contribution in [1.29, 1.82) is 0 Å². The molecule has 0 heterocycles. The van der Waals surface area contributed by atoms with Gasteiger partial charge in [0, 0.05) is 6.04 Å². The summed E-state index contributed by atoms with van der Waals surface area (Å²) in [6.07, 6.45) is 0. The van der Waals surface area contributed by atoms with Gasteiger partial charge in [0.2, 0.25) is 0 Å². The van der Waals surface area contributed by atoms with Gasteiger partial charge in [0.25, 0.3) is 0 Å². The van der Waals surface area contributed by atoms with Gasteiger partial charge >= 0.3 is 5.97 Å². The standard InChI is InChI=1S/C10H13NO2.ClH/c1-7(11)8-5-3-4-6-9(8)10(12)13-2;/h3-7H,11H2,1-2H3;1H. The van der Waals surface area contributed by atoms with Crippen LogP contribution in [-0.4, -0.2) is 13.1 Å². The Bertz CT molecular complexity index is 313. The van der Waals surface area contributed by atoms with E-state index >= 15 is 0 Å². The number of carbonyl (C=O) groups excluding carboxylic acids is 1. The minimum atomic E-state index is -0.340. The second kappa shape index (κ2) is 5.62. The predicted molar refractivity (Wildman–Crippen MR) is 57.6 cm³/mol. The van der Waals surface area contributed by atoms with Crippen LogP contribution in [0.3, 0.4) is 0 Å². The van der Waals surface area contributed by atoms with Crippen LogP contribution in [0.1, 0.15) is 28.9 Å². The van der Waals surface area contributed by atoms with E-state index in [2.05, 4.69) is 4.74 Å². The van der Waals surface area contributed by atoms with E-state index in [0.717, 1.165) is 5.56 Å². The van der Waals surface area contributed by atoms with E-state index in [1.807, 2.05) is 19.1 Å². The van der Waals surface area contributed by atoms with Crippen LogP contribution >= 0.6 is 12.4 Å². The number of methoxy groups -OCH3 is 1. The second-order valence-electron chi connectivity index (χ2n) is 2.87. The van der Waals surface area contributed by atoms with Crippen molar-refractivity contribution in [3.8, 4) is 0 Å². The third-order valence-corrected chi connectivity index (χ3v) is 1.86. The molecular formula is C10H14ClNO2. The van der Waals surface area contributed by atoms with Crippen molar-refractivity contribution in [2.45, 2.75) is 13.0 Å². The Morgan fingerprint density at radius 2 is 2.00 bits per heavy atom. The van der Waals surface area contributed by atoms with Gasteiger partial charge in [-0.15, -0.1) is 12.4 Å². The number of ether oxygens (including phenoxy) is 1. The Kier molecular flexibility index (Phi) is 5.20. The summed E-state index contributed by atoms with van der Waals surface area (Å²) < 4.78 is 4.63. The Morgan fingerprint density at radius 3 is 2.50 bits per heavy atom. The summed E-state index contributed by atoms with van der Waals surface area (Å²) in [7, 11) is 1.36. The van der Waals surface area contributed by atoms with Crippen molar-refractivity contribution in [3.05, 3.63) is 35.4 Å². The molecule has 0 spiro atoms. The summed E-state index contributed by atoms with van der Waals surface area (Å²) >= 11 is 0. The fourth-order valence-corrected chi connectivity index (χ4v) is 1.19. The molecule has 0 radical (unpaired) electrons. The van der Waals surface area contributed by atoms with Crippen LogP contribution in [0, 0.1) is 0 Å². The van der Waals surface area contributed by atoms with E-state index in [-0.39, 0.29) is 24.4 Å². The normalized spacial score (nSPS) is 11.4. The molecular weight excluding hydrogens is 202 g/mol. The van der Waals surface area contributed by atoms with E-state index in [1.54, 1.807) is 12.1 Å². The number of hydrogen-bond donors (Lipinski definition) is 1. The lowest BCUT2D eigenvalue weighted by molar-refractivity contribution is 0.0599. The van der Waals surface area contributed by atoms with Crippen molar-refractivity contribution in [3.63, 3.8) is 0 Å². The number of esters is 1. The average Bonchev–Trinajstić information content (AvgIpc) is 2.16. The molecule has 0 fully saturated rings. The van der Waals surface area contributed by atoms with Gasteiger partial charge in [0.1, 0.15) is 0 Å². The first-order valence-electron chi connectivity index (χ1n) is 4.09. The van der Waals surface area contributed by atoms with E-state index in [4.69, 9.17) is 5.73 Å². The minimum Gasteiger partial charge on any atom is -0.465 e. The predicted octanol–water partition coefficient (Wildman–Crippen LogP) is 1.91. The molecule has 1 atom stereocenters. The third kappa shape index (κ3) is 2.72. The highest BCUT2D eigenvalue weighted by molar-refractivity contribution is 5.91. The van der Waals surface area contributed by atoms with E-state index < -0.39 is 0 Å². The SMILES string of the molecule is COC(=O)c1ccccc1C(C)N.Cl. The van der Waals surface area contributed by atoms with Crippen LogP contribution in [-0.2, 0) is 4.74 Å². The van der Waals surface area contributed by atoms with Crippen molar-refractivity contribution >= 4 is 18.4 Å². The smallest absolute Gasteiger partial charge is 0.338 e. The molecule has 1 unspecified atom stereocenters. The highest BCUT2D eigenvalue weighted by Crippen LogP contribution is 2.15. The molecule has 1 rings (SSSR count). The minimum absolute atomic E-state index is 0. The Morgan fingerprint density at radius 1 is 1.43 bits per heavy atom. The molecule has 1 aromatic rings. The van der Waals surface area contributed by atoms with E-state index in [0.29, 0.717) is 5.56 Å². The average molecular weight is 216 g/mol. The molecule has 2 N–H and O–H groups in total. The molecule has 0 aliphatic carbocycles. The fraction of sp³-hybridized carbons (Fsp3) is 0.300. The first kappa shape index (κ1) is 12.9. The maximum atomic E-state index is 11.3. The van der Waals surface area contributed by atoms with Crippen LogP contribution in [0.2, 0.25) is 0 Å². The van der Waals surface area contributed by atoms with Gasteiger partial charge < -0.3 is 10.5 Å². The molecule has 0 saturated carbocycles. The van der Waals surface area contributed by atoms with Gasteiger partial charge in [0.15, 0.2) is 0 Å². The van der Waals surface area contributed by atoms with Gasteiger partial charge in [-0.1, -0.05) is 18.2 Å². The Balaban J connectivity index is 0.00000169. The number of nitrogens with two attached hydrogens (primary N) is 1. The van der Waals surface area contributed by atoms with Gasteiger partial charge in [-0.05, 0) is 18.6 Å². The molecule has 0 aliphatic rings. The number of carbonyl (C=O) groups is 1. The van der Waals surface area contributed by atoms with Gasteiger partial charge in [-0.25, -0.2) is 4.79 Å². The monoisotopic (exact) mass is 215 g/mol. The van der Waals surface area contributed by atoms with Crippen LogP contribution in [0.5, 0.6) is 0 Å². The van der Waals surface area contributed by atoms with Crippen molar-refractivity contribution in [1.82, 2.24) is 0 Å². The molecule has 78 valence electrons. The summed E-state index contributed by atoms with van der Waals surface area (Å²) in [6, 6.07) is 7.03. The van der Waals surface area contributed by atoms with Gasteiger partial charge in [-0.2, -0.15) is 0 Å². The molecule has 0 amide bonds. The largest absolute Gasteiger partial charge is 0.465 e. The summed E-state index contributed by atoms with van der Waals surface area (Å²) in [5.74, 6) is -0.340. The third-order valence-electron chi connectivity index (χ3n) is 1.86. The van der Waals surface area contributed by atoms with Crippen molar-refractivity contribution < 1.29 is 9.53 Å². The number of hydrogen-bond acceptors (Lipinski definition) is 3. The van der Waals surface area contributed by atoms with Crippen molar-refractivity contribution in [2.24, 2.45) is 5.73 Å². The Labute approximate surface area is 89.7 Å². The zero-order valence-electron chi connectivity index (χ0n) is 8.19. The van der Waals surface area contributed by atoms with Crippen LogP contribution < -0.4 is 5.73 Å². The first-order chi connectivity index (χ1) is 6.16. The van der Waals surface area contributed by atoms with E-state index in [1.165, 1.54) is 7.11 Å². The molecule has 3 nitrogen and oxygen atoms in total. The molecule has 0 bridgehead atoms. The summed E-state index contributed by atoms with van der Waals surface area (Å²) in [5, 5.41) is 0. The molecule has 0 aromatic heterocycles. The molecule has 4 heteroatoms. The maximum absolute atomic E-state index is 11.3. The molecule has 0 aliphatic heterocycles. The molecule has 14 heavy (non-hydrogen) atoms. The number of benzene rings is 1. The summed E-state index contributed by atoms with van der Waals surface area (Å²) in [6.45, 7) is 1.84. The quantitative estimate of drug-likeness (QED) is 0.767. The number of rotatable bonds is 2. The Hall–Kier alpha value is -1.06. The first-order valence-corrected chi connectivity index (χ1v) is 4.09. The highest BCUT2D eigenvalue weighted by atomic mass is 35.5. The summed E-state index contributed by atoms with van der Waals surface area (Å²) in [5.41, 5.74) is 7.06. The van der Waals surface area contributed by atoms with Gasteiger partial charge in [-0.3, -0.25) is 0 Å². The van der Waals surface area contributed by atoms with Crippen molar-refractivity contribution in [2.75, 3.05) is 7.11 Å². The molecule has 0 saturated heterocycles. The lowest BCUT2D eigenvalue weighted by atomic mass is 10.0. The summed E-state index contributed by atoms with van der Waals surface area (Å²) in [4.78, 5) is 11.3. The van der Waals surface area contributed by atoms with E-state index in [9.17, 15) is 4.79 Å². The lowest BCUT2D eigenvalue weighted by Crippen LogP contribution is -2.12. The zero-order chi connectivity index (χ0) is 9.84. The highest BCUT2D eigenvalue weighted by Gasteiger charge is 2.12. The molecule has 1 aromatic carbocycles. The van der Waals surface area contributed by atoms with Gasteiger partial charge in [0.05, 0.1) is 12.7 Å². The number of halogens is 1. The fourth-order valence-electron chi connectivity index (χ4n) is 1.19. The van der Waals surface area contributed by atoms with Crippen LogP contribution in [0.25, 0.3) is 0 Å². The van der Waals surface area contributed by atoms with Crippen LogP contribution in [0.4, 0.5) is 0 Å². The second-order valence-corrected chi connectivity index (χ2v) is 2.87. The lowest BCUT2D eigenvalue weighted by Gasteiger charge is -2.09. The zero-order valence-corrected chi connectivity index (χ0v) is 9.01. The maximum Gasteiger partial charge on any atom is 0.338 e.